The highest BCUT2D eigenvalue weighted by atomic mass is 32.2. The van der Waals surface area contributed by atoms with Gasteiger partial charge in [-0.2, -0.15) is 4.31 Å². The molecule has 7 nitrogen and oxygen atoms in total. The van der Waals surface area contributed by atoms with E-state index in [0.29, 0.717) is 19.7 Å². The van der Waals surface area contributed by atoms with E-state index >= 15 is 0 Å². The summed E-state index contributed by atoms with van der Waals surface area (Å²) >= 11 is 0. The van der Waals surface area contributed by atoms with Gasteiger partial charge >= 0.3 is 0 Å². The van der Waals surface area contributed by atoms with Crippen molar-refractivity contribution in [3.05, 3.63) is 47.8 Å². The van der Waals surface area contributed by atoms with Crippen LogP contribution in [0.4, 0.5) is 0 Å². The number of nitrogens with zero attached hydrogens (tertiary/aromatic N) is 1. The lowest BCUT2D eigenvalue weighted by Crippen LogP contribution is -2.28. The van der Waals surface area contributed by atoms with E-state index in [-0.39, 0.29) is 22.5 Å². The molecule has 1 aromatic carbocycles. The molecule has 2 heterocycles. The second kappa shape index (κ2) is 8.14. The van der Waals surface area contributed by atoms with Crippen LogP contribution in [0.15, 0.2) is 41.4 Å². The minimum absolute atomic E-state index is 0.128. The zero-order valence-corrected chi connectivity index (χ0v) is 16.4. The maximum atomic E-state index is 12.6. The van der Waals surface area contributed by atoms with E-state index in [9.17, 15) is 13.2 Å². The molecule has 0 spiro atoms. The zero-order valence-electron chi connectivity index (χ0n) is 15.6. The van der Waals surface area contributed by atoms with Crippen LogP contribution in [0, 0.1) is 0 Å². The van der Waals surface area contributed by atoms with E-state index in [4.69, 9.17) is 4.74 Å². The maximum Gasteiger partial charge on any atom is 0.268 e. The third-order valence-corrected chi connectivity index (χ3v) is 6.52. The molecule has 1 aromatic heterocycles. The van der Waals surface area contributed by atoms with Gasteiger partial charge in [-0.05, 0) is 50.5 Å². The van der Waals surface area contributed by atoms with Gasteiger partial charge in [-0.25, -0.2) is 8.42 Å². The lowest BCUT2D eigenvalue weighted by Gasteiger charge is -2.15. The molecule has 27 heavy (non-hydrogen) atoms. The highest BCUT2D eigenvalue weighted by molar-refractivity contribution is 7.89. The van der Waals surface area contributed by atoms with Crippen LogP contribution >= 0.6 is 0 Å². The summed E-state index contributed by atoms with van der Waals surface area (Å²) in [5.74, 6) is 0.431. The highest BCUT2D eigenvalue weighted by Gasteiger charge is 2.28. The van der Waals surface area contributed by atoms with Crippen molar-refractivity contribution in [2.45, 2.75) is 37.6 Å². The maximum absolute atomic E-state index is 12.6. The molecule has 0 saturated carbocycles. The molecule has 1 amide bonds. The second-order valence-corrected chi connectivity index (χ2v) is 8.50. The van der Waals surface area contributed by atoms with Crippen LogP contribution in [0.25, 0.3) is 0 Å². The van der Waals surface area contributed by atoms with Gasteiger partial charge in [0.1, 0.15) is 16.3 Å². The number of carbonyl (C=O) groups excluding carboxylic acids is 1. The van der Waals surface area contributed by atoms with Crippen LogP contribution in [0.5, 0.6) is 5.75 Å². The summed E-state index contributed by atoms with van der Waals surface area (Å²) in [5, 5.41) is 2.88. The van der Waals surface area contributed by atoms with E-state index in [2.05, 4.69) is 10.3 Å². The van der Waals surface area contributed by atoms with Crippen LogP contribution < -0.4 is 10.1 Å². The van der Waals surface area contributed by atoms with Crippen molar-refractivity contribution >= 4 is 15.9 Å². The minimum Gasteiger partial charge on any atom is -0.494 e. The third kappa shape index (κ3) is 4.33. The van der Waals surface area contributed by atoms with E-state index < -0.39 is 10.0 Å². The number of benzene rings is 1. The van der Waals surface area contributed by atoms with E-state index in [0.717, 1.165) is 24.2 Å². The molecule has 1 aliphatic rings. The number of H-pyrrole nitrogens is 1. The Kier molecular flexibility index (Phi) is 5.86. The number of carbonyl (C=O) groups is 1. The number of hydrogen-bond acceptors (Lipinski definition) is 4. The molecule has 146 valence electrons. The van der Waals surface area contributed by atoms with Crippen molar-refractivity contribution in [3.8, 4) is 5.75 Å². The fourth-order valence-electron chi connectivity index (χ4n) is 3.11. The van der Waals surface area contributed by atoms with Gasteiger partial charge in [0.25, 0.3) is 5.91 Å². The first-order chi connectivity index (χ1) is 12.9. The molecule has 0 unspecified atom stereocenters. The van der Waals surface area contributed by atoms with Crippen molar-refractivity contribution in [2.75, 3.05) is 19.7 Å². The Morgan fingerprint density at radius 1 is 1.26 bits per heavy atom. The Morgan fingerprint density at radius 3 is 2.56 bits per heavy atom. The van der Waals surface area contributed by atoms with Gasteiger partial charge in [0.15, 0.2) is 0 Å². The molecular weight excluding hydrogens is 366 g/mol. The number of aromatic nitrogens is 1. The number of nitrogens with one attached hydrogen (secondary N) is 2. The molecule has 2 N–H and O–H groups in total. The first-order valence-corrected chi connectivity index (χ1v) is 10.6. The van der Waals surface area contributed by atoms with Gasteiger partial charge in [0.05, 0.1) is 12.6 Å². The predicted octanol–water partition coefficient (Wildman–Crippen LogP) is 2.69. The van der Waals surface area contributed by atoms with Crippen LogP contribution in [0.1, 0.15) is 48.8 Å². The average Bonchev–Trinajstić information content (AvgIpc) is 3.35. The third-order valence-electron chi connectivity index (χ3n) is 4.64. The fraction of sp³-hybridized carbons (Fsp3) is 0.421. The fourth-order valence-corrected chi connectivity index (χ4v) is 4.62. The Labute approximate surface area is 159 Å². The summed E-state index contributed by atoms with van der Waals surface area (Å²) in [6.07, 6.45) is 3.12. The first kappa shape index (κ1) is 19.4. The van der Waals surface area contributed by atoms with Crippen molar-refractivity contribution in [1.82, 2.24) is 14.6 Å². The quantitative estimate of drug-likeness (QED) is 0.759. The first-order valence-electron chi connectivity index (χ1n) is 9.14. The molecule has 0 bridgehead atoms. The molecule has 1 fully saturated rings. The Morgan fingerprint density at radius 2 is 1.93 bits per heavy atom. The molecular formula is C19H25N3O4S. The normalized spacial score (nSPS) is 16.2. The Balaban J connectivity index is 1.67. The summed E-state index contributed by atoms with van der Waals surface area (Å²) in [7, 11) is -3.53. The molecule has 1 atom stereocenters. The smallest absolute Gasteiger partial charge is 0.268 e. The number of aromatic amines is 1. The van der Waals surface area contributed by atoms with E-state index in [1.165, 1.54) is 16.6 Å². The van der Waals surface area contributed by atoms with Gasteiger partial charge in [0.2, 0.25) is 10.0 Å². The largest absolute Gasteiger partial charge is 0.494 e. The summed E-state index contributed by atoms with van der Waals surface area (Å²) in [6, 6.07) is 8.68. The monoisotopic (exact) mass is 391 g/mol. The molecule has 1 saturated heterocycles. The van der Waals surface area contributed by atoms with Crippen LogP contribution in [0.3, 0.4) is 0 Å². The van der Waals surface area contributed by atoms with Crippen LogP contribution in [0.2, 0.25) is 0 Å². The topological polar surface area (TPSA) is 91.5 Å². The highest BCUT2D eigenvalue weighted by Crippen LogP contribution is 2.22. The summed E-state index contributed by atoms with van der Waals surface area (Å²) < 4.78 is 32.0. The molecule has 3 rings (SSSR count). The zero-order chi connectivity index (χ0) is 19.4. The molecule has 2 aromatic rings. The number of amides is 1. The Hall–Kier alpha value is -2.32. The summed E-state index contributed by atoms with van der Waals surface area (Å²) in [6.45, 7) is 5.46. The van der Waals surface area contributed by atoms with Gasteiger partial charge in [0, 0.05) is 19.3 Å². The molecule has 0 aliphatic carbocycles. The summed E-state index contributed by atoms with van der Waals surface area (Å²) in [4.78, 5) is 15.4. The van der Waals surface area contributed by atoms with Gasteiger partial charge in [-0.3, -0.25) is 4.79 Å². The van der Waals surface area contributed by atoms with Crippen molar-refractivity contribution in [1.29, 1.82) is 0 Å². The van der Waals surface area contributed by atoms with Crippen molar-refractivity contribution in [2.24, 2.45) is 0 Å². The van der Waals surface area contributed by atoms with Gasteiger partial charge < -0.3 is 15.0 Å². The Bertz CT molecular complexity index is 884. The molecule has 8 heteroatoms. The average molecular weight is 391 g/mol. The lowest BCUT2D eigenvalue weighted by molar-refractivity contribution is 0.0935. The van der Waals surface area contributed by atoms with Crippen LogP contribution in [-0.4, -0.2) is 43.3 Å². The predicted molar refractivity (Wildman–Crippen MR) is 102 cm³/mol. The van der Waals surface area contributed by atoms with Gasteiger partial charge in [-0.15, -0.1) is 0 Å². The molecule has 0 radical (unpaired) electrons. The number of rotatable bonds is 7. The molecule has 1 aliphatic heterocycles. The van der Waals surface area contributed by atoms with E-state index in [1.54, 1.807) is 0 Å². The number of hydrogen-bond donors (Lipinski definition) is 2. The van der Waals surface area contributed by atoms with E-state index in [1.807, 2.05) is 38.1 Å². The second-order valence-electron chi connectivity index (χ2n) is 6.56. The summed E-state index contributed by atoms with van der Waals surface area (Å²) in [5.41, 5.74) is 1.16. The van der Waals surface area contributed by atoms with Crippen LogP contribution in [-0.2, 0) is 10.0 Å². The minimum atomic E-state index is -3.53. The number of sulfonamides is 1. The lowest BCUT2D eigenvalue weighted by atomic mass is 10.1. The van der Waals surface area contributed by atoms with Crippen molar-refractivity contribution in [3.63, 3.8) is 0 Å². The standard InChI is InChI=1S/C19H25N3O4S/c1-3-26-16-8-6-15(7-9-16)14(2)21-19(23)18-12-17(13-20-18)27(24,25)22-10-4-5-11-22/h6-9,12-14,20H,3-5,10-11H2,1-2H3,(H,21,23)/t14-/m0/s1. The number of ether oxygens (including phenoxy) is 1. The SMILES string of the molecule is CCOc1ccc([C@H](C)NC(=O)c2cc(S(=O)(=O)N3CCCC3)c[nH]2)cc1. The van der Waals surface area contributed by atoms with Crippen molar-refractivity contribution < 1.29 is 17.9 Å². The van der Waals surface area contributed by atoms with Gasteiger partial charge in [-0.1, -0.05) is 12.1 Å².